The van der Waals surface area contributed by atoms with Crippen molar-refractivity contribution in [1.82, 2.24) is 4.98 Å². The van der Waals surface area contributed by atoms with Crippen LogP contribution in [0, 0.1) is 0 Å². The Morgan fingerprint density at radius 1 is 1.11 bits per heavy atom. The molecule has 0 aliphatic rings. The van der Waals surface area contributed by atoms with Crippen molar-refractivity contribution in [3.8, 4) is 11.3 Å². The van der Waals surface area contributed by atoms with Crippen LogP contribution in [-0.4, -0.2) is 12.0 Å². The summed E-state index contributed by atoms with van der Waals surface area (Å²) < 4.78 is 0. The monoisotopic (exact) mass is 280 g/mol. The van der Waals surface area contributed by atoms with Crippen LogP contribution in [0.3, 0.4) is 0 Å². The van der Waals surface area contributed by atoms with Crippen LogP contribution < -0.4 is 5.32 Å². The fourth-order valence-electron chi connectivity index (χ4n) is 1.74. The summed E-state index contributed by atoms with van der Waals surface area (Å²) >= 11 is 12.2. The first-order valence-corrected chi connectivity index (χ1v) is 6.54. The molecule has 0 aliphatic heterocycles. The number of nitrogens with one attached hydrogen (secondary N) is 1. The highest BCUT2D eigenvalue weighted by Crippen LogP contribution is 2.32. The number of halogens is 2. The second-order valence-corrected chi connectivity index (χ2v) is 4.76. The highest BCUT2D eigenvalue weighted by molar-refractivity contribution is 6.37. The molecular formula is C14H14Cl2N2. The van der Waals surface area contributed by atoms with E-state index in [4.69, 9.17) is 23.2 Å². The Morgan fingerprint density at radius 2 is 1.78 bits per heavy atom. The van der Waals surface area contributed by atoms with Crippen LogP contribution in [0.25, 0.3) is 11.3 Å². The first-order chi connectivity index (χ1) is 8.65. The third-order valence-corrected chi connectivity index (χ3v) is 3.38. The Morgan fingerprint density at radius 3 is 2.33 bits per heavy atom. The summed E-state index contributed by atoms with van der Waals surface area (Å²) in [4.78, 5) is 4.44. The number of anilines is 1. The van der Waals surface area contributed by atoms with E-state index in [1.165, 1.54) is 5.56 Å². The molecule has 0 spiro atoms. The summed E-state index contributed by atoms with van der Waals surface area (Å²) in [6, 6.07) is 9.94. The molecule has 0 amide bonds. The third-order valence-electron chi connectivity index (χ3n) is 2.80. The van der Waals surface area contributed by atoms with E-state index in [1.807, 2.05) is 12.1 Å². The van der Waals surface area contributed by atoms with Gasteiger partial charge in [-0.3, -0.25) is 0 Å². The van der Waals surface area contributed by atoms with Crippen LogP contribution >= 0.6 is 23.2 Å². The van der Waals surface area contributed by atoms with Gasteiger partial charge in [-0.25, -0.2) is 4.98 Å². The van der Waals surface area contributed by atoms with Crippen molar-refractivity contribution >= 4 is 29.0 Å². The minimum Gasteiger partial charge on any atom is -0.372 e. The van der Waals surface area contributed by atoms with Crippen molar-refractivity contribution in [2.45, 2.75) is 13.3 Å². The predicted molar refractivity (Wildman–Crippen MR) is 78.6 cm³/mol. The van der Waals surface area contributed by atoms with Crippen LogP contribution in [0.1, 0.15) is 12.5 Å². The van der Waals surface area contributed by atoms with Gasteiger partial charge in [0.1, 0.15) is 5.82 Å². The van der Waals surface area contributed by atoms with Crippen molar-refractivity contribution in [1.29, 1.82) is 0 Å². The maximum atomic E-state index is 6.19. The van der Waals surface area contributed by atoms with Gasteiger partial charge in [0.2, 0.25) is 0 Å². The molecule has 1 heterocycles. The fourth-order valence-corrected chi connectivity index (χ4v) is 2.30. The van der Waals surface area contributed by atoms with Crippen LogP contribution in [0.4, 0.5) is 5.82 Å². The van der Waals surface area contributed by atoms with Gasteiger partial charge in [-0.2, -0.15) is 0 Å². The maximum absolute atomic E-state index is 6.19. The molecule has 0 aliphatic carbocycles. The summed E-state index contributed by atoms with van der Waals surface area (Å²) in [5, 5.41) is 4.04. The Labute approximate surface area is 117 Å². The molecule has 0 atom stereocenters. The predicted octanol–water partition coefficient (Wildman–Crippen LogP) is 4.66. The summed E-state index contributed by atoms with van der Waals surface area (Å²) in [5.74, 6) is 0.635. The van der Waals surface area contributed by atoms with E-state index in [1.54, 1.807) is 13.1 Å². The van der Waals surface area contributed by atoms with Gasteiger partial charge in [-0.05, 0) is 18.1 Å². The van der Waals surface area contributed by atoms with E-state index in [0.29, 0.717) is 15.9 Å². The normalized spacial score (nSPS) is 10.4. The third kappa shape index (κ3) is 2.60. The van der Waals surface area contributed by atoms with Gasteiger partial charge in [-0.1, -0.05) is 54.4 Å². The van der Waals surface area contributed by atoms with Crippen molar-refractivity contribution in [3.63, 3.8) is 0 Å². The minimum absolute atomic E-state index is 0.524. The van der Waals surface area contributed by atoms with Gasteiger partial charge < -0.3 is 5.32 Å². The fraction of sp³-hybridized carbons (Fsp3) is 0.214. The highest BCUT2D eigenvalue weighted by atomic mass is 35.5. The van der Waals surface area contributed by atoms with E-state index in [2.05, 4.69) is 29.4 Å². The highest BCUT2D eigenvalue weighted by Gasteiger charge is 2.10. The quantitative estimate of drug-likeness (QED) is 0.885. The molecule has 18 heavy (non-hydrogen) atoms. The minimum atomic E-state index is 0.524. The number of hydrogen-bond donors (Lipinski definition) is 1. The Hall–Kier alpha value is -1.25. The molecule has 1 aromatic heterocycles. The second kappa shape index (κ2) is 5.59. The van der Waals surface area contributed by atoms with E-state index in [0.717, 1.165) is 17.7 Å². The Balaban J connectivity index is 2.48. The number of nitrogens with zero attached hydrogens (tertiary/aromatic N) is 1. The molecular weight excluding hydrogens is 267 g/mol. The van der Waals surface area contributed by atoms with Crippen molar-refractivity contribution in [2.75, 3.05) is 12.4 Å². The van der Waals surface area contributed by atoms with Gasteiger partial charge in [0, 0.05) is 12.6 Å². The van der Waals surface area contributed by atoms with Crippen molar-refractivity contribution in [2.24, 2.45) is 0 Å². The molecule has 1 N–H and O–H groups in total. The van der Waals surface area contributed by atoms with Crippen molar-refractivity contribution in [3.05, 3.63) is 45.9 Å². The van der Waals surface area contributed by atoms with E-state index >= 15 is 0 Å². The second-order valence-electron chi connectivity index (χ2n) is 3.95. The number of rotatable bonds is 3. The van der Waals surface area contributed by atoms with Gasteiger partial charge >= 0.3 is 0 Å². The van der Waals surface area contributed by atoms with Crippen molar-refractivity contribution < 1.29 is 0 Å². The molecule has 0 saturated carbocycles. The van der Waals surface area contributed by atoms with Crippen LogP contribution in [-0.2, 0) is 6.42 Å². The molecule has 4 heteroatoms. The SMILES string of the molecule is CCc1ccc(-c2nc(NC)c(Cl)cc2Cl)cc1. The lowest BCUT2D eigenvalue weighted by Crippen LogP contribution is -1.96. The molecule has 0 unspecified atom stereocenters. The lowest BCUT2D eigenvalue weighted by atomic mass is 10.1. The van der Waals surface area contributed by atoms with Crippen LogP contribution in [0.5, 0.6) is 0 Å². The number of benzene rings is 1. The zero-order valence-electron chi connectivity index (χ0n) is 10.3. The first kappa shape index (κ1) is 13.2. The summed E-state index contributed by atoms with van der Waals surface area (Å²) in [5.41, 5.74) is 3.02. The standard InChI is InChI=1S/C14H14Cl2N2/c1-3-9-4-6-10(7-5-9)13-11(15)8-12(16)14(17-2)18-13/h4-8H,3H2,1-2H3,(H,17,18). The smallest absolute Gasteiger partial charge is 0.145 e. The van der Waals surface area contributed by atoms with Gasteiger partial charge in [0.25, 0.3) is 0 Å². The molecule has 2 aromatic rings. The van der Waals surface area contributed by atoms with Gasteiger partial charge in [-0.15, -0.1) is 0 Å². The Kier molecular flexibility index (Phi) is 4.10. The topological polar surface area (TPSA) is 24.9 Å². The summed E-state index contributed by atoms with van der Waals surface area (Å²) in [6.07, 6.45) is 1.02. The molecule has 0 bridgehead atoms. The number of pyridine rings is 1. The van der Waals surface area contributed by atoms with Crippen LogP contribution in [0.2, 0.25) is 10.0 Å². The largest absolute Gasteiger partial charge is 0.372 e. The zero-order valence-corrected chi connectivity index (χ0v) is 11.8. The Bertz CT molecular complexity index is 550. The number of aryl methyl sites for hydroxylation is 1. The van der Waals surface area contributed by atoms with Crippen LogP contribution in [0.15, 0.2) is 30.3 Å². The molecule has 2 nitrogen and oxygen atoms in total. The zero-order chi connectivity index (χ0) is 13.1. The first-order valence-electron chi connectivity index (χ1n) is 5.78. The molecule has 0 fully saturated rings. The number of aromatic nitrogens is 1. The van der Waals surface area contributed by atoms with Gasteiger partial charge in [0.15, 0.2) is 0 Å². The lowest BCUT2D eigenvalue weighted by Gasteiger charge is -2.09. The van der Waals surface area contributed by atoms with E-state index in [-0.39, 0.29) is 0 Å². The van der Waals surface area contributed by atoms with Gasteiger partial charge in [0.05, 0.1) is 15.7 Å². The number of hydrogen-bond acceptors (Lipinski definition) is 2. The molecule has 94 valence electrons. The van der Waals surface area contributed by atoms with E-state index < -0.39 is 0 Å². The molecule has 2 rings (SSSR count). The van der Waals surface area contributed by atoms with E-state index in [9.17, 15) is 0 Å². The average Bonchev–Trinajstić information content (AvgIpc) is 2.39. The molecule has 0 saturated heterocycles. The molecule has 0 radical (unpaired) electrons. The summed E-state index contributed by atoms with van der Waals surface area (Å²) in [7, 11) is 1.78. The summed E-state index contributed by atoms with van der Waals surface area (Å²) in [6.45, 7) is 2.13. The lowest BCUT2D eigenvalue weighted by molar-refractivity contribution is 1.14. The maximum Gasteiger partial charge on any atom is 0.145 e. The average molecular weight is 281 g/mol. The molecule has 1 aromatic carbocycles.